The number of aliphatic hydroxyl groups excluding tert-OH is 1. The van der Waals surface area contributed by atoms with Gasteiger partial charge in [-0.15, -0.1) is 0 Å². The first-order valence-electron chi connectivity index (χ1n) is 6.21. The van der Waals surface area contributed by atoms with Crippen molar-refractivity contribution in [2.24, 2.45) is 11.1 Å². The van der Waals surface area contributed by atoms with Crippen LogP contribution in [0, 0.1) is 5.41 Å². The van der Waals surface area contributed by atoms with Crippen LogP contribution < -0.4 is 5.73 Å². The maximum atomic E-state index is 10.3. The van der Waals surface area contributed by atoms with Crippen molar-refractivity contribution in [3.63, 3.8) is 0 Å². The maximum Gasteiger partial charge on any atom is 0.0616 e. The summed E-state index contributed by atoms with van der Waals surface area (Å²) in [4.78, 5) is 0. The first-order valence-corrected chi connectivity index (χ1v) is 7.36. The molecule has 2 nitrogen and oxygen atoms in total. The van der Waals surface area contributed by atoms with Crippen LogP contribution in [0.15, 0.2) is 0 Å². The zero-order chi connectivity index (χ0) is 11.1. The zero-order valence-corrected chi connectivity index (χ0v) is 10.7. The molecule has 1 fully saturated rings. The molecule has 0 aromatic heterocycles. The van der Waals surface area contributed by atoms with Crippen molar-refractivity contribution >= 4 is 11.8 Å². The second-order valence-electron chi connectivity index (χ2n) is 4.63. The van der Waals surface area contributed by atoms with Gasteiger partial charge in [-0.2, -0.15) is 11.8 Å². The van der Waals surface area contributed by atoms with E-state index in [1.54, 1.807) is 0 Å². The lowest BCUT2D eigenvalue weighted by Gasteiger charge is -2.40. The SMILES string of the molecule is CCSCCC(O)C1(CN)CCCCC1. The molecule has 0 aliphatic heterocycles. The fourth-order valence-corrected chi connectivity index (χ4v) is 3.25. The highest BCUT2D eigenvalue weighted by molar-refractivity contribution is 7.99. The maximum absolute atomic E-state index is 10.3. The summed E-state index contributed by atoms with van der Waals surface area (Å²) >= 11 is 1.91. The minimum atomic E-state index is -0.179. The first kappa shape index (κ1) is 13.3. The van der Waals surface area contributed by atoms with E-state index < -0.39 is 0 Å². The number of hydrogen-bond acceptors (Lipinski definition) is 3. The highest BCUT2D eigenvalue weighted by atomic mass is 32.2. The van der Waals surface area contributed by atoms with Gasteiger partial charge in [0, 0.05) is 12.0 Å². The third-order valence-electron chi connectivity index (χ3n) is 3.70. The Labute approximate surface area is 98.0 Å². The molecule has 1 atom stereocenters. The van der Waals surface area contributed by atoms with Crippen molar-refractivity contribution in [1.82, 2.24) is 0 Å². The van der Waals surface area contributed by atoms with Crippen LogP contribution in [0.3, 0.4) is 0 Å². The lowest BCUT2D eigenvalue weighted by atomic mass is 9.69. The third-order valence-corrected chi connectivity index (χ3v) is 4.64. The lowest BCUT2D eigenvalue weighted by molar-refractivity contribution is 0.00112. The monoisotopic (exact) mass is 231 g/mol. The van der Waals surface area contributed by atoms with Crippen LogP contribution in [-0.2, 0) is 0 Å². The van der Waals surface area contributed by atoms with Crippen LogP contribution in [0.4, 0.5) is 0 Å². The minimum Gasteiger partial charge on any atom is -0.392 e. The van der Waals surface area contributed by atoms with E-state index in [0.717, 1.165) is 30.8 Å². The number of nitrogens with two attached hydrogens (primary N) is 1. The van der Waals surface area contributed by atoms with Gasteiger partial charge in [-0.1, -0.05) is 26.2 Å². The molecule has 1 rings (SSSR count). The molecular weight excluding hydrogens is 206 g/mol. The quantitative estimate of drug-likeness (QED) is 0.690. The Balaban J connectivity index is 2.40. The molecule has 90 valence electrons. The Kier molecular flexibility index (Phi) is 6.02. The van der Waals surface area contributed by atoms with E-state index >= 15 is 0 Å². The molecule has 3 heteroatoms. The number of rotatable bonds is 6. The fourth-order valence-electron chi connectivity index (χ4n) is 2.57. The second kappa shape index (κ2) is 6.77. The summed E-state index contributed by atoms with van der Waals surface area (Å²) in [5.74, 6) is 2.21. The van der Waals surface area contributed by atoms with E-state index in [4.69, 9.17) is 5.73 Å². The molecule has 0 bridgehead atoms. The Morgan fingerprint density at radius 3 is 2.53 bits per heavy atom. The van der Waals surface area contributed by atoms with E-state index in [2.05, 4.69) is 6.92 Å². The van der Waals surface area contributed by atoms with Gasteiger partial charge >= 0.3 is 0 Å². The predicted octanol–water partition coefficient (Wildman–Crippen LogP) is 2.40. The first-order chi connectivity index (χ1) is 7.25. The van der Waals surface area contributed by atoms with Crippen molar-refractivity contribution in [2.75, 3.05) is 18.1 Å². The lowest BCUT2D eigenvalue weighted by Crippen LogP contribution is -2.43. The minimum absolute atomic E-state index is 0.0482. The summed E-state index contributed by atoms with van der Waals surface area (Å²) in [7, 11) is 0. The Morgan fingerprint density at radius 2 is 2.00 bits per heavy atom. The summed E-state index contributed by atoms with van der Waals surface area (Å²) in [5, 5.41) is 10.3. The van der Waals surface area contributed by atoms with Gasteiger partial charge in [0.25, 0.3) is 0 Å². The molecule has 0 aromatic rings. The Hall–Kier alpha value is 0.270. The summed E-state index contributed by atoms with van der Waals surface area (Å²) < 4.78 is 0. The predicted molar refractivity (Wildman–Crippen MR) is 68.2 cm³/mol. The van der Waals surface area contributed by atoms with Crippen molar-refractivity contribution in [3.8, 4) is 0 Å². The number of hydrogen-bond donors (Lipinski definition) is 2. The van der Waals surface area contributed by atoms with Crippen molar-refractivity contribution < 1.29 is 5.11 Å². The van der Waals surface area contributed by atoms with Gasteiger partial charge < -0.3 is 10.8 Å². The van der Waals surface area contributed by atoms with E-state index in [9.17, 15) is 5.11 Å². The molecule has 0 amide bonds. The smallest absolute Gasteiger partial charge is 0.0616 e. The van der Waals surface area contributed by atoms with Gasteiger partial charge in [0.15, 0.2) is 0 Å². The van der Waals surface area contributed by atoms with E-state index in [-0.39, 0.29) is 11.5 Å². The highest BCUT2D eigenvalue weighted by Gasteiger charge is 2.37. The summed E-state index contributed by atoms with van der Waals surface area (Å²) in [6.45, 7) is 2.82. The fraction of sp³-hybridized carbons (Fsp3) is 1.00. The molecule has 3 N–H and O–H groups in total. The second-order valence-corrected chi connectivity index (χ2v) is 6.02. The summed E-state index contributed by atoms with van der Waals surface area (Å²) in [6, 6.07) is 0. The molecule has 1 aliphatic rings. The number of aliphatic hydroxyl groups is 1. The molecular formula is C12H25NOS. The van der Waals surface area contributed by atoms with Gasteiger partial charge in [0.1, 0.15) is 0 Å². The van der Waals surface area contributed by atoms with Gasteiger partial charge in [0.2, 0.25) is 0 Å². The Bertz CT molecular complexity index is 169. The van der Waals surface area contributed by atoms with E-state index in [1.807, 2.05) is 11.8 Å². The average Bonchev–Trinajstić information content (AvgIpc) is 2.30. The molecule has 15 heavy (non-hydrogen) atoms. The summed E-state index contributed by atoms with van der Waals surface area (Å²) in [5.41, 5.74) is 5.92. The van der Waals surface area contributed by atoms with Crippen LogP contribution in [-0.4, -0.2) is 29.3 Å². The van der Waals surface area contributed by atoms with Gasteiger partial charge in [-0.25, -0.2) is 0 Å². The van der Waals surface area contributed by atoms with Crippen LogP contribution in [0.2, 0.25) is 0 Å². The number of thioether (sulfide) groups is 1. The summed E-state index contributed by atoms with van der Waals surface area (Å²) in [6.07, 6.45) is 6.79. The van der Waals surface area contributed by atoms with Crippen LogP contribution in [0.25, 0.3) is 0 Å². The average molecular weight is 231 g/mol. The van der Waals surface area contributed by atoms with Gasteiger partial charge in [-0.3, -0.25) is 0 Å². The molecule has 0 heterocycles. The van der Waals surface area contributed by atoms with Crippen molar-refractivity contribution in [2.45, 2.75) is 51.6 Å². The largest absolute Gasteiger partial charge is 0.392 e. The van der Waals surface area contributed by atoms with Crippen molar-refractivity contribution in [1.29, 1.82) is 0 Å². The standard InChI is InChI=1S/C12H25NOS/c1-2-15-9-6-11(14)12(10-13)7-4-3-5-8-12/h11,14H,2-10,13H2,1H3. The van der Waals surface area contributed by atoms with Gasteiger partial charge in [-0.05, 0) is 30.8 Å². The molecule has 1 aliphatic carbocycles. The molecule has 0 radical (unpaired) electrons. The third kappa shape index (κ3) is 3.65. The molecule has 1 saturated carbocycles. The molecule has 0 aromatic carbocycles. The molecule has 0 saturated heterocycles. The van der Waals surface area contributed by atoms with Crippen LogP contribution >= 0.6 is 11.8 Å². The highest BCUT2D eigenvalue weighted by Crippen LogP contribution is 2.39. The molecule has 1 unspecified atom stereocenters. The zero-order valence-electron chi connectivity index (χ0n) is 9.87. The van der Waals surface area contributed by atoms with Crippen LogP contribution in [0.5, 0.6) is 0 Å². The Morgan fingerprint density at radius 1 is 1.33 bits per heavy atom. The van der Waals surface area contributed by atoms with E-state index in [0.29, 0.717) is 6.54 Å². The van der Waals surface area contributed by atoms with Crippen molar-refractivity contribution in [3.05, 3.63) is 0 Å². The molecule has 0 spiro atoms. The van der Waals surface area contributed by atoms with E-state index in [1.165, 1.54) is 19.3 Å². The topological polar surface area (TPSA) is 46.2 Å². The van der Waals surface area contributed by atoms with Crippen LogP contribution in [0.1, 0.15) is 45.4 Å². The normalized spacial score (nSPS) is 22.6. The van der Waals surface area contributed by atoms with Gasteiger partial charge in [0.05, 0.1) is 6.10 Å².